The highest BCUT2D eigenvalue weighted by Crippen LogP contribution is 2.18. The van der Waals surface area contributed by atoms with Crippen LogP contribution in [0.25, 0.3) is 0 Å². The van der Waals surface area contributed by atoms with Crippen molar-refractivity contribution in [1.82, 2.24) is 5.23 Å². The molecule has 7 heteroatoms. The van der Waals surface area contributed by atoms with Crippen molar-refractivity contribution in [2.75, 3.05) is 7.11 Å². The molecule has 0 spiro atoms. The molecular weight excluding hydrogens is 278 g/mol. The molecule has 1 unspecified atom stereocenters. The zero-order valence-corrected chi connectivity index (χ0v) is 15.6. The number of methoxy groups -OCH3 is 1. The Balaban J connectivity index is 4.58. The van der Waals surface area contributed by atoms with Gasteiger partial charge in [0.05, 0.1) is 13.2 Å². The third-order valence-corrected chi connectivity index (χ3v) is 3.54. The minimum atomic E-state index is -1.74. The molecule has 0 rings (SSSR count). The summed E-state index contributed by atoms with van der Waals surface area (Å²) < 4.78 is 16.6. The van der Waals surface area contributed by atoms with Crippen LogP contribution in [0.3, 0.4) is 0 Å². The number of carbonyl (C=O) groups excluding carboxylic acids is 1. The Morgan fingerprint density at radius 3 is 1.79 bits per heavy atom. The highest BCUT2D eigenvalue weighted by atomic mass is 28.4. The normalized spacial score (nSPS) is 14.6. The fourth-order valence-electron chi connectivity index (χ4n) is 1.27. The molecule has 0 aromatic carbocycles. The zero-order chi connectivity index (χ0) is 15.3. The van der Waals surface area contributed by atoms with Gasteiger partial charge in [-0.25, -0.2) is 0 Å². The first-order chi connectivity index (χ1) is 8.44. The summed E-state index contributed by atoms with van der Waals surface area (Å²) in [6.07, 6.45) is 1.03. The first-order valence-electron chi connectivity index (χ1n) is 6.69. The lowest BCUT2D eigenvalue weighted by Gasteiger charge is -2.36. The van der Waals surface area contributed by atoms with E-state index < -0.39 is 16.6 Å². The van der Waals surface area contributed by atoms with Crippen LogP contribution in [-0.4, -0.2) is 41.0 Å². The molecule has 114 valence electrons. The molecule has 0 N–H and O–H groups in total. The monoisotopic (exact) mass is 307 g/mol. The first-order valence-corrected chi connectivity index (χ1v) is 13.5. The maximum atomic E-state index is 11.2. The van der Waals surface area contributed by atoms with Crippen molar-refractivity contribution in [3.05, 3.63) is 0 Å². The van der Waals surface area contributed by atoms with Gasteiger partial charge < -0.3 is 13.8 Å². The average molecular weight is 308 g/mol. The Morgan fingerprint density at radius 1 is 1.05 bits per heavy atom. The van der Waals surface area contributed by atoms with Crippen molar-refractivity contribution in [2.24, 2.45) is 0 Å². The minimum Gasteiger partial charge on any atom is -0.469 e. The number of rotatable bonds is 8. The molecular formula is C12H29NO4Si2. The van der Waals surface area contributed by atoms with Crippen LogP contribution in [0.15, 0.2) is 0 Å². The van der Waals surface area contributed by atoms with Gasteiger partial charge in [-0.05, 0) is 52.6 Å². The quantitative estimate of drug-likeness (QED) is 0.391. The summed E-state index contributed by atoms with van der Waals surface area (Å²) in [5.74, 6) is -0.201. The highest BCUT2D eigenvalue weighted by molar-refractivity contribution is 6.70. The van der Waals surface area contributed by atoms with Gasteiger partial charge in [-0.2, -0.15) is 0 Å². The summed E-state index contributed by atoms with van der Waals surface area (Å²) in [5, 5.41) is 1.63. The fourth-order valence-corrected chi connectivity index (χ4v) is 2.86. The number of nitrogens with zero attached hydrogens (tertiary/aromatic N) is 1. The van der Waals surface area contributed by atoms with E-state index in [4.69, 9.17) is 9.05 Å². The summed E-state index contributed by atoms with van der Waals surface area (Å²) in [5.41, 5.74) is 0. The van der Waals surface area contributed by atoms with Crippen LogP contribution in [0.1, 0.15) is 19.8 Å². The van der Waals surface area contributed by atoms with E-state index in [1.54, 1.807) is 5.23 Å². The Labute approximate surface area is 119 Å². The predicted molar refractivity (Wildman–Crippen MR) is 81.4 cm³/mol. The molecule has 0 radical (unpaired) electrons. The lowest BCUT2D eigenvalue weighted by Crippen LogP contribution is -2.47. The number of hydrogen-bond donors (Lipinski definition) is 0. The topological polar surface area (TPSA) is 48.0 Å². The molecule has 0 amide bonds. The van der Waals surface area contributed by atoms with Crippen molar-refractivity contribution >= 4 is 22.6 Å². The summed E-state index contributed by atoms with van der Waals surface area (Å²) in [4.78, 5) is 11.2. The smallest absolute Gasteiger partial charge is 0.305 e. The second-order valence-corrected chi connectivity index (χ2v) is 15.5. The van der Waals surface area contributed by atoms with Crippen molar-refractivity contribution in [2.45, 2.75) is 65.1 Å². The maximum Gasteiger partial charge on any atom is 0.305 e. The number of hydrogen-bond acceptors (Lipinski definition) is 5. The summed E-state index contributed by atoms with van der Waals surface area (Å²) in [7, 11) is -2.08. The SMILES string of the molecule is COC(=O)CCC(C)N(O[Si](C)(C)C)O[Si](C)(C)C. The van der Waals surface area contributed by atoms with Gasteiger partial charge in [0.25, 0.3) is 0 Å². The van der Waals surface area contributed by atoms with Crippen molar-refractivity contribution in [3.8, 4) is 0 Å². The lowest BCUT2D eigenvalue weighted by molar-refractivity contribution is -0.295. The molecule has 0 aliphatic carbocycles. The number of carbonyl (C=O) groups is 1. The standard InChI is InChI=1S/C12H29NO4Si2/c1-11(9-10-12(14)15-2)13(16-18(3,4)5)17-19(6,7)8/h11H,9-10H2,1-8H3. The van der Waals surface area contributed by atoms with Crippen LogP contribution in [0.2, 0.25) is 39.3 Å². The van der Waals surface area contributed by atoms with Crippen molar-refractivity contribution in [1.29, 1.82) is 0 Å². The van der Waals surface area contributed by atoms with Crippen LogP contribution >= 0.6 is 0 Å². The maximum absolute atomic E-state index is 11.2. The van der Waals surface area contributed by atoms with Gasteiger partial charge in [0.2, 0.25) is 16.6 Å². The van der Waals surface area contributed by atoms with Gasteiger partial charge in [-0.15, -0.1) is 0 Å². The molecule has 0 aliphatic rings. The summed E-state index contributed by atoms with van der Waals surface area (Å²) >= 11 is 0. The summed E-state index contributed by atoms with van der Waals surface area (Å²) in [6, 6.07) is 0.0255. The predicted octanol–water partition coefficient (Wildman–Crippen LogP) is 3.16. The third-order valence-electron chi connectivity index (χ3n) is 2.08. The van der Waals surface area contributed by atoms with E-state index in [-0.39, 0.29) is 12.0 Å². The van der Waals surface area contributed by atoms with Crippen molar-refractivity contribution < 1.29 is 18.6 Å². The summed E-state index contributed by atoms with van der Waals surface area (Å²) in [6.45, 7) is 14.7. The largest absolute Gasteiger partial charge is 0.469 e. The minimum absolute atomic E-state index is 0.0255. The second kappa shape index (κ2) is 7.54. The van der Waals surface area contributed by atoms with E-state index in [0.29, 0.717) is 12.8 Å². The molecule has 0 aliphatic heterocycles. The highest BCUT2D eigenvalue weighted by Gasteiger charge is 2.29. The molecule has 0 heterocycles. The Morgan fingerprint density at radius 2 is 1.47 bits per heavy atom. The molecule has 0 saturated heterocycles. The van der Waals surface area contributed by atoms with E-state index in [2.05, 4.69) is 44.0 Å². The van der Waals surface area contributed by atoms with Crippen molar-refractivity contribution in [3.63, 3.8) is 0 Å². The molecule has 0 aromatic rings. The Kier molecular flexibility index (Phi) is 7.45. The molecule has 0 fully saturated rings. The van der Waals surface area contributed by atoms with Crippen LogP contribution in [-0.2, 0) is 18.6 Å². The van der Waals surface area contributed by atoms with Gasteiger partial charge in [-0.3, -0.25) is 4.79 Å². The first kappa shape index (κ1) is 18.8. The number of hydroxylamine groups is 2. The molecule has 19 heavy (non-hydrogen) atoms. The van der Waals surface area contributed by atoms with Crippen LogP contribution in [0.4, 0.5) is 0 Å². The van der Waals surface area contributed by atoms with E-state index >= 15 is 0 Å². The van der Waals surface area contributed by atoms with Gasteiger partial charge in [-0.1, -0.05) is 5.23 Å². The molecule has 0 bridgehead atoms. The Bertz CT molecular complexity index is 270. The van der Waals surface area contributed by atoms with E-state index in [1.165, 1.54) is 7.11 Å². The van der Waals surface area contributed by atoms with Crippen LogP contribution in [0, 0.1) is 0 Å². The average Bonchev–Trinajstić information content (AvgIpc) is 2.20. The molecule has 5 nitrogen and oxygen atoms in total. The number of ether oxygens (including phenoxy) is 1. The lowest BCUT2D eigenvalue weighted by atomic mass is 10.2. The van der Waals surface area contributed by atoms with E-state index in [9.17, 15) is 4.79 Å². The van der Waals surface area contributed by atoms with Gasteiger partial charge in [0.15, 0.2) is 0 Å². The van der Waals surface area contributed by atoms with Crippen LogP contribution < -0.4 is 0 Å². The van der Waals surface area contributed by atoms with Gasteiger partial charge in [0, 0.05) is 6.42 Å². The Hall–Kier alpha value is -0.216. The van der Waals surface area contributed by atoms with Crippen LogP contribution in [0.5, 0.6) is 0 Å². The fraction of sp³-hybridized carbons (Fsp3) is 0.917. The third kappa shape index (κ3) is 10.3. The van der Waals surface area contributed by atoms with E-state index in [1.807, 2.05) is 6.92 Å². The van der Waals surface area contributed by atoms with Gasteiger partial charge >= 0.3 is 5.97 Å². The zero-order valence-electron chi connectivity index (χ0n) is 13.6. The second-order valence-electron chi connectivity index (χ2n) is 6.66. The molecule has 0 aromatic heterocycles. The van der Waals surface area contributed by atoms with E-state index in [0.717, 1.165) is 0 Å². The van der Waals surface area contributed by atoms with Gasteiger partial charge in [0.1, 0.15) is 0 Å². The number of esters is 1. The molecule has 1 atom stereocenters. The molecule has 0 saturated carbocycles.